The molecule has 0 aliphatic heterocycles. The van der Waals surface area contributed by atoms with Crippen molar-refractivity contribution in [2.45, 2.75) is 45.2 Å². The molecule has 0 aliphatic carbocycles. The summed E-state index contributed by atoms with van der Waals surface area (Å²) in [5, 5.41) is 19.3. The molecule has 0 bridgehead atoms. The second-order valence-corrected chi connectivity index (χ2v) is 7.84. The third-order valence-corrected chi connectivity index (χ3v) is 4.55. The van der Waals surface area contributed by atoms with Crippen LogP contribution in [0.5, 0.6) is 5.75 Å². The summed E-state index contributed by atoms with van der Waals surface area (Å²) in [6.07, 6.45) is -2.97. The van der Waals surface area contributed by atoms with Crippen LogP contribution >= 0.6 is 0 Å². The van der Waals surface area contributed by atoms with Gasteiger partial charge in [-0.25, -0.2) is 0 Å². The maximum Gasteiger partial charge on any atom is 0.416 e. The molecule has 0 fully saturated rings. The summed E-state index contributed by atoms with van der Waals surface area (Å²) in [5.41, 5.74) is 6.92. The Kier molecular flexibility index (Phi) is 5.10. The molecule has 0 atom stereocenters. The minimum Gasteiger partial charge on any atom is -0.505 e. The lowest BCUT2D eigenvalue weighted by atomic mass is 9.84. The van der Waals surface area contributed by atoms with Crippen molar-refractivity contribution in [2.75, 3.05) is 6.54 Å². The number of aryl methyl sites for hydroxylation is 1. The van der Waals surface area contributed by atoms with E-state index >= 15 is 0 Å². The van der Waals surface area contributed by atoms with Crippen molar-refractivity contribution in [3.63, 3.8) is 0 Å². The largest absolute Gasteiger partial charge is 0.505 e. The molecule has 28 heavy (non-hydrogen) atoms. The molecule has 3 rings (SSSR count). The summed E-state index contributed by atoms with van der Waals surface area (Å²) in [5.74, 6) is 0.0142. The molecule has 1 heterocycles. The molecule has 8 heteroatoms. The summed E-state index contributed by atoms with van der Waals surface area (Å²) < 4.78 is 38.9. The molecule has 0 amide bonds. The Bertz CT molecular complexity index is 1000. The van der Waals surface area contributed by atoms with Gasteiger partial charge in [0, 0.05) is 5.56 Å². The van der Waals surface area contributed by atoms with Gasteiger partial charge < -0.3 is 10.8 Å². The molecular weight excluding hydrogens is 369 g/mol. The van der Waals surface area contributed by atoms with Crippen LogP contribution in [0.4, 0.5) is 13.2 Å². The van der Waals surface area contributed by atoms with Gasteiger partial charge in [-0.15, -0.1) is 15.0 Å². The van der Waals surface area contributed by atoms with E-state index in [0.29, 0.717) is 29.7 Å². The normalized spacial score (nSPS) is 12.7. The van der Waals surface area contributed by atoms with Crippen LogP contribution in [0.3, 0.4) is 0 Å². The number of alkyl halides is 3. The Hall–Kier alpha value is -2.61. The number of fused-ring (bicyclic) bond motifs is 1. The lowest BCUT2D eigenvalue weighted by molar-refractivity contribution is -0.137. The Morgan fingerprint density at radius 1 is 1.04 bits per heavy atom. The van der Waals surface area contributed by atoms with Crippen molar-refractivity contribution in [2.24, 2.45) is 5.73 Å². The van der Waals surface area contributed by atoms with Crippen LogP contribution < -0.4 is 5.73 Å². The minimum atomic E-state index is -4.46. The van der Waals surface area contributed by atoms with Crippen LogP contribution in [-0.2, 0) is 18.0 Å². The number of rotatable bonds is 4. The zero-order valence-electron chi connectivity index (χ0n) is 16.0. The van der Waals surface area contributed by atoms with E-state index < -0.39 is 11.7 Å². The lowest BCUT2D eigenvalue weighted by Gasteiger charge is -2.23. The van der Waals surface area contributed by atoms with E-state index in [1.165, 1.54) is 10.9 Å². The number of hydrogen-bond acceptors (Lipinski definition) is 4. The maximum atomic E-state index is 13.0. The number of aromatic hydroxyl groups is 1. The van der Waals surface area contributed by atoms with Gasteiger partial charge in [-0.3, -0.25) is 0 Å². The highest BCUT2D eigenvalue weighted by Crippen LogP contribution is 2.37. The Morgan fingerprint density at radius 2 is 1.71 bits per heavy atom. The van der Waals surface area contributed by atoms with E-state index in [2.05, 4.69) is 10.2 Å². The highest BCUT2D eigenvalue weighted by molar-refractivity contribution is 5.75. The van der Waals surface area contributed by atoms with Gasteiger partial charge in [0.15, 0.2) is 0 Å². The zero-order chi connectivity index (χ0) is 20.7. The predicted octanol–water partition coefficient (Wildman–Crippen LogP) is 4.33. The number of nitrogens with zero attached hydrogens (tertiary/aromatic N) is 3. The van der Waals surface area contributed by atoms with Gasteiger partial charge in [0.1, 0.15) is 22.5 Å². The Morgan fingerprint density at radius 3 is 2.32 bits per heavy atom. The van der Waals surface area contributed by atoms with Crippen molar-refractivity contribution < 1.29 is 18.3 Å². The van der Waals surface area contributed by atoms with Crippen molar-refractivity contribution >= 4 is 11.0 Å². The molecule has 0 aliphatic rings. The molecule has 0 radical (unpaired) electrons. The third kappa shape index (κ3) is 3.96. The molecule has 0 saturated carbocycles. The van der Waals surface area contributed by atoms with Gasteiger partial charge in [0.05, 0.1) is 5.56 Å². The zero-order valence-corrected chi connectivity index (χ0v) is 16.0. The smallest absolute Gasteiger partial charge is 0.416 e. The molecule has 2 aromatic carbocycles. The van der Waals surface area contributed by atoms with Crippen LogP contribution in [0.15, 0.2) is 30.3 Å². The van der Waals surface area contributed by atoms with Gasteiger partial charge in [-0.05, 0) is 54.6 Å². The van der Waals surface area contributed by atoms with Gasteiger partial charge >= 0.3 is 6.18 Å². The number of phenols is 1. The number of nitrogens with two attached hydrogens (primary N) is 1. The molecule has 3 N–H and O–H groups in total. The van der Waals surface area contributed by atoms with E-state index in [1.807, 2.05) is 26.8 Å². The second-order valence-electron chi connectivity index (χ2n) is 7.84. The van der Waals surface area contributed by atoms with Crippen molar-refractivity contribution in [3.05, 3.63) is 47.0 Å². The highest BCUT2D eigenvalue weighted by atomic mass is 19.4. The fraction of sp³-hybridized carbons (Fsp3) is 0.400. The SMILES string of the molecule is CC(C)(C)c1cc(CCCN)cc(-n2nc3ccc(C(F)(F)F)cc3n2)c1O. The Balaban J connectivity index is 2.16. The summed E-state index contributed by atoms with van der Waals surface area (Å²) in [6, 6.07) is 6.89. The van der Waals surface area contributed by atoms with Gasteiger partial charge in [-0.1, -0.05) is 26.8 Å². The molecule has 5 nitrogen and oxygen atoms in total. The van der Waals surface area contributed by atoms with Crippen LogP contribution in [0.2, 0.25) is 0 Å². The fourth-order valence-corrected chi connectivity index (χ4v) is 3.05. The molecule has 0 unspecified atom stereocenters. The summed E-state index contributed by atoms with van der Waals surface area (Å²) in [4.78, 5) is 1.20. The van der Waals surface area contributed by atoms with Gasteiger partial charge in [0.2, 0.25) is 0 Å². The van der Waals surface area contributed by atoms with E-state index in [0.717, 1.165) is 24.1 Å². The highest BCUT2D eigenvalue weighted by Gasteiger charge is 2.31. The number of phenolic OH excluding ortho intramolecular Hbond substituents is 1. The van der Waals surface area contributed by atoms with E-state index in [4.69, 9.17) is 5.73 Å². The third-order valence-electron chi connectivity index (χ3n) is 4.55. The minimum absolute atomic E-state index is 0.0142. The standard InChI is InChI=1S/C20H23F3N4O/c1-19(2,3)14-9-12(5-4-8-24)10-17(18(14)28)27-25-15-7-6-13(20(21,22)23)11-16(15)26-27/h6-7,9-11,28H,4-5,8,24H2,1-3H3. The van der Waals surface area contributed by atoms with Gasteiger partial charge in [-0.2, -0.15) is 13.2 Å². The number of halogens is 3. The van der Waals surface area contributed by atoms with Crippen LogP contribution in [-0.4, -0.2) is 26.6 Å². The molecule has 0 saturated heterocycles. The molecule has 150 valence electrons. The summed E-state index contributed by atoms with van der Waals surface area (Å²) >= 11 is 0. The summed E-state index contributed by atoms with van der Waals surface area (Å²) in [7, 11) is 0. The topological polar surface area (TPSA) is 77.0 Å². The first-order chi connectivity index (χ1) is 13.0. The maximum absolute atomic E-state index is 13.0. The molecule has 3 aromatic rings. The first-order valence-corrected chi connectivity index (χ1v) is 9.02. The quantitative estimate of drug-likeness (QED) is 0.693. The Labute approximate surface area is 161 Å². The van der Waals surface area contributed by atoms with Crippen molar-refractivity contribution in [1.82, 2.24) is 15.0 Å². The summed E-state index contributed by atoms with van der Waals surface area (Å²) in [6.45, 7) is 6.45. The number of hydrogen-bond donors (Lipinski definition) is 2. The lowest BCUT2D eigenvalue weighted by Crippen LogP contribution is -2.14. The monoisotopic (exact) mass is 392 g/mol. The van der Waals surface area contributed by atoms with Crippen LogP contribution in [0.1, 0.15) is 43.9 Å². The molecule has 0 spiro atoms. The van der Waals surface area contributed by atoms with Gasteiger partial charge in [0.25, 0.3) is 0 Å². The first-order valence-electron chi connectivity index (χ1n) is 9.02. The molecule has 1 aromatic heterocycles. The first kappa shape index (κ1) is 20.1. The molecular formula is C20H23F3N4O. The van der Waals surface area contributed by atoms with Crippen molar-refractivity contribution in [3.8, 4) is 11.4 Å². The average molecular weight is 392 g/mol. The average Bonchev–Trinajstić information content (AvgIpc) is 3.02. The second kappa shape index (κ2) is 7.09. The van der Waals surface area contributed by atoms with E-state index in [9.17, 15) is 18.3 Å². The van der Waals surface area contributed by atoms with Crippen LogP contribution in [0, 0.1) is 0 Å². The van der Waals surface area contributed by atoms with Crippen molar-refractivity contribution in [1.29, 1.82) is 0 Å². The van der Waals surface area contributed by atoms with E-state index in [-0.39, 0.29) is 16.7 Å². The number of benzene rings is 2. The van der Waals surface area contributed by atoms with E-state index in [1.54, 1.807) is 6.07 Å². The fourth-order valence-electron chi connectivity index (χ4n) is 3.05. The van der Waals surface area contributed by atoms with Crippen LogP contribution in [0.25, 0.3) is 16.7 Å². The predicted molar refractivity (Wildman–Crippen MR) is 102 cm³/mol. The number of aromatic nitrogens is 3.